The van der Waals surface area contributed by atoms with Crippen LogP contribution in [-0.2, 0) is 6.54 Å². The zero-order valence-corrected chi connectivity index (χ0v) is 12.5. The van der Waals surface area contributed by atoms with E-state index in [0.717, 1.165) is 32.4 Å². The Kier molecular flexibility index (Phi) is 5.35. The molecule has 0 amide bonds. The molecule has 3 nitrogen and oxygen atoms in total. The van der Waals surface area contributed by atoms with Gasteiger partial charge in [0.1, 0.15) is 5.82 Å². The topological polar surface area (TPSA) is 49.5 Å². The molecule has 4 heteroatoms. The fourth-order valence-electron chi connectivity index (χ4n) is 2.62. The van der Waals surface area contributed by atoms with Gasteiger partial charge in [-0.25, -0.2) is 4.39 Å². The molecule has 0 radical (unpaired) electrons. The van der Waals surface area contributed by atoms with Crippen molar-refractivity contribution in [2.45, 2.75) is 38.3 Å². The molecule has 1 aromatic rings. The van der Waals surface area contributed by atoms with Crippen LogP contribution < -0.4 is 5.73 Å². The second kappa shape index (κ2) is 7.04. The Bertz CT molecular complexity index is 545. The van der Waals surface area contributed by atoms with Crippen molar-refractivity contribution in [2.75, 3.05) is 19.6 Å². The van der Waals surface area contributed by atoms with Crippen molar-refractivity contribution < 1.29 is 9.50 Å². The summed E-state index contributed by atoms with van der Waals surface area (Å²) in [4.78, 5) is 2.20. The minimum absolute atomic E-state index is 0.227. The molecule has 1 unspecified atom stereocenters. The van der Waals surface area contributed by atoms with E-state index in [0.29, 0.717) is 17.7 Å². The summed E-state index contributed by atoms with van der Waals surface area (Å²) < 4.78 is 14.1. The lowest BCUT2D eigenvalue weighted by Gasteiger charge is -2.22. The van der Waals surface area contributed by atoms with Crippen LogP contribution in [0.4, 0.5) is 4.39 Å². The summed E-state index contributed by atoms with van der Waals surface area (Å²) in [7, 11) is 0. The average molecular weight is 290 g/mol. The van der Waals surface area contributed by atoms with E-state index >= 15 is 0 Å². The maximum absolute atomic E-state index is 14.1. The minimum atomic E-state index is -0.588. The van der Waals surface area contributed by atoms with Crippen LogP contribution in [-0.4, -0.2) is 35.2 Å². The Morgan fingerprint density at radius 3 is 2.90 bits per heavy atom. The van der Waals surface area contributed by atoms with Gasteiger partial charge in [-0.15, -0.1) is 0 Å². The Morgan fingerprint density at radius 1 is 1.38 bits per heavy atom. The summed E-state index contributed by atoms with van der Waals surface area (Å²) in [5.41, 5.74) is 6.05. The number of likely N-dealkylation sites (tertiary alicyclic amines) is 1. The van der Waals surface area contributed by atoms with E-state index in [-0.39, 0.29) is 12.4 Å². The predicted octanol–water partition coefficient (Wildman–Crippen LogP) is 1.87. The summed E-state index contributed by atoms with van der Waals surface area (Å²) in [6, 6.07) is 5.08. The first kappa shape index (κ1) is 16.0. The van der Waals surface area contributed by atoms with Gasteiger partial charge in [-0.1, -0.05) is 17.9 Å². The van der Waals surface area contributed by atoms with Gasteiger partial charge in [-0.3, -0.25) is 4.90 Å². The van der Waals surface area contributed by atoms with E-state index in [1.165, 1.54) is 6.07 Å². The molecule has 1 saturated heterocycles. The number of benzene rings is 1. The van der Waals surface area contributed by atoms with Crippen molar-refractivity contribution in [2.24, 2.45) is 5.73 Å². The summed E-state index contributed by atoms with van der Waals surface area (Å²) in [6.07, 6.45) is 2.48. The summed E-state index contributed by atoms with van der Waals surface area (Å²) in [5.74, 6) is 5.33. The number of hydrogen-bond acceptors (Lipinski definition) is 3. The van der Waals surface area contributed by atoms with Crippen LogP contribution in [0.15, 0.2) is 18.2 Å². The zero-order valence-electron chi connectivity index (χ0n) is 12.5. The number of nitrogens with zero attached hydrogens (tertiary/aromatic N) is 1. The Labute approximate surface area is 125 Å². The fourth-order valence-corrected chi connectivity index (χ4v) is 2.62. The lowest BCUT2D eigenvalue weighted by molar-refractivity contribution is 0.0444. The third kappa shape index (κ3) is 4.82. The number of aliphatic hydroxyl groups is 1. The van der Waals surface area contributed by atoms with Crippen molar-refractivity contribution in [3.8, 4) is 11.8 Å². The summed E-state index contributed by atoms with van der Waals surface area (Å²) >= 11 is 0. The Hall–Kier alpha value is -1.41. The van der Waals surface area contributed by atoms with Gasteiger partial charge in [0.2, 0.25) is 0 Å². The third-order valence-electron chi connectivity index (χ3n) is 3.94. The molecule has 1 aliphatic heterocycles. The predicted molar refractivity (Wildman–Crippen MR) is 82.1 cm³/mol. The van der Waals surface area contributed by atoms with Crippen molar-refractivity contribution in [1.29, 1.82) is 0 Å². The second-order valence-corrected chi connectivity index (χ2v) is 5.94. The highest BCUT2D eigenvalue weighted by molar-refractivity contribution is 5.37. The lowest BCUT2D eigenvalue weighted by Crippen LogP contribution is -2.28. The maximum Gasteiger partial charge on any atom is 0.128 e. The van der Waals surface area contributed by atoms with Crippen molar-refractivity contribution in [1.82, 2.24) is 4.90 Å². The highest BCUT2D eigenvalue weighted by atomic mass is 19.1. The highest BCUT2D eigenvalue weighted by Crippen LogP contribution is 2.23. The second-order valence-electron chi connectivity index (χ2n) is 5.94. The highest BCUT2D eigenvalue weighted by Gasteiger charge is 2.25. The standard InChI is InChI=1S/C17H23FN2O/c1-17(21)7-3-10-20(11-8-17)13-15-6-5-14(4-2-9-19)12-16(15)18/h5-6,12,21H,3,7-11,13,19H2,1H3. The Morgan fingerprint density at radius 2 is 2.19 bits per heavy atom. The fraction of sp³-hybridized carbons (Fsp3) is 0.529. The van der Waals surface area contributed by atoms with E-state index in [2.05, 4.69) is 16.7 Å². The SMILES string of the molecule is CC1(O)CCCN(Cc2ccc(C#CCN)cc2F)CC1. The molecule has 1 aliphatic rings. The molecule has 0 bridgehead atoms. The van der Waals surface area contributed by atoms with Gasteiger partial charge in [-0.2, -0.15) is 0 Å². The van der Waals surface area contributed by atoms with Crippen molar-refractivity contribution >= 4 is 0 Å². The zero-order chi connectivity index (χ0) is 15.3. The van der Waals surface area contributed by atoms with Gasteiger partial charge in [0.25, 0.3) is 0 Å². The third-order valence-corrected chi connectivity index (χ3v) is 3.94. The largest absolute Gasteiger partial charge is 0.390 e. The van der Waals surface area contributed by atoms with Gasteiger partial charge >= 0.3 is 0 Å². The van der Waals surface area contributed by atoms with Crippen LogP contribution in [0.1, 0.15) is 37.3 Å². The molecule has 0 spiro atoms. The first-order chi connectivity index (χ1) is 10.00. The molecule has 114 valence electrons. The van der Waals surface area contributed by atoms with Gasteiger partial charge in [0.05, 0.1) is 12.1 Å². The number of nitrogens with two attached hydrogens (primary N) is 1. The molecule has 2 rings (SSSR count). The molecule has 1 fully saturated rings. The average Bonchev–Trinajstić information content (AvgIpc) is 2.60. The van der Waals surface area contributed by atoms with Gasteiger partial charge < -0.3 is 10.8 Å². The monoisotopic (exact) mass is 290 g/mol. The quantitative estimate of drug-likeness (QED) is 0.818. The molecule has 1 heterocycles. The Balaban J connectivity index is 2.02. The van der Waals surface area contributed by atoms with E-state index in [9.17, 15) is 9.50 Å². The van der Waals surface area contributed by atoms with Gasteiger partial charge in [-0.05, 0) is 44.9 Å². The molecular weight excluding hydrogens is 267 g/mol. The summed E-state index contributed by atoms with van der Waals surface area (Å²) in [6.45, 7) is 4.41. The molecule has 3 N–H and O–H groups in total. The van der Waals surface area contributed by atoms with Crippen molar-refractivity contribution in [3.63, 3.8) is 0 Å². The lowest BCUT2D eigenvalue weighted by atomic mass is 9.98. The van der Waals surface area contributed by atoms with Crippen LogP contribution in [0.5, 0.6) is 0 Å². The number of hydrogen-bond donors (Lipinski definition) is 2. The van der Waals surface area contributed by atoms with Gasteiger partial charge in [0.15, 0.2) is 0 Å². The van der Waals surface area contributed by atoms with Crippen LogP contribution >= 0.6 is 0 Å². The smallest absolute Gasteiger partial charge is 0.128 e. The first-order valence-electron chi connectivity index (χ1n) is 7.42. The van der Waals surface area contributed by atoms with E-state index < -0.39 is 5.60 Å². The molecule has 0 saturated carbocycles. The summed E-state index contributed by atoms with van der Waals surface area (Å²) in [5, 5.41) is 10.1. The molecule has 0 aromatic heterocycles. The number of rotatable bonds is 2. The van der Waals surface area contributed by atoms with Crippen LogP contribution in [0, 0.1) is 17.7 Å². The minimum Gasteiger partial charge on any atom is -0.390 e. The molecular formula is C17H23FN2O. The normalized spacial score (nSPS) is 23.2. The molecule has 1 atom stereocenters. The van der Waals surface area contributed by atoms with E-state index in [1.54, 1.807) is 6.07 Å². The molecule has 0 aliphatic carbocycles. The molecule has 1 aromatic carbocycles. The van der Waals surface area contributed by atoms with Crippen LogP contribution in [0.2, 0.25) is 0 Å². The van der Waals surface area contributed by atoms with E-state index in [4.69, 9.17) is 5.73 Å². The van der Waals surface area contributed by atoms with Crippen molar-refractivity contribution in [3.05, 3.63) is 35.1 Å². The molecule has 21 heavy (non-hydrogen) atoms. The first-order valence-corrected chi connectivity index (χ1v) is 7.42. The number of halogens is 1. The van der Waals surface area contributed by atoms with Crippen LogP contribution in [0.25, 0.3) is 0 Å². The van der Waals surface area contributed by atoms with Gasteiger partial charge in [0, 0.05) is 24.2 Å². The van der Waals surface area contributed by atoms with Crippen LogP contribution in [0.3, 0.4) is 0 Å². The maximum atomic E-state index is 14.1. The van der Waals surface area contributed by atoms with E-state index in [1.807, 2.05) is 13.0 Å².